The molecule has 0 aromatic heterocycles. The van der Waals surface area contributed by atoms with Crippen molar-refractivity contribution >= 4 is 36.0 Å². The zero-order valence-electron chi connectivity index (χ0n) is 18.8. The number of amides is 2. The summed E-state index contributed by atoms with van der Waals surface area (Å²) in [6, 6.07) is -2.57. The Labute approximate surface area is 193 Å². The van der Waals surface area contributed by atoms with E-state index < -0.39 is 29.9 Å². The van der Waals surface area contributed by atoms with Gasteiger partial charge in [0, 0.05) is 19.6 Å². The highest BCUT2D eigenvalue weighted by molar-refractivity contribution is 5.90. The van der Waals surface area contributed by atoms with E-state index in [2.05, 4.69) is 25.6 Å². The third kappa shape index (κ3) is 15.8. The molecule has 0 rings (SSSR count). The van der Waals surface area contributed by atoms with Crippen molar-refractivity contribution in [3.8, 4) is 0 Å². The third-order valence-electron chi connectivity index (χ3n) is 4.34. The number of aliphatic imine (C=N–C) groups is 3. The fourth-order valence-electron chi connectivity index (χ4n) is 2.68. The van der Waals surface area contributed by atoms with Gasteiger partial charge >= 0.3 is 0 Å². The van der Waals surface area contributed by atoms with E-state index >= 15 is 0 Å². The van der Waals surface area contributed by atoms with E-state index in [9.17, 15) is 14.4 Å². The number of aldehydes is 1. The van der Waals surface area contributed by atoms with Gasteiger partial charge in [-0.2, -0.15) is 0 Å². The van der Waals surface area contributed by atoms with E-state index in [0.29, 0.717) is 51.5 Å². The molecular weight excluding hydrogens is 432 g/mol. The van der Waals surface area contributed by atoms with E-state index in [1.807, 2.05) is 0 Å². The topological polar surface area (TPSA) is 294 Å². The number of hydrogen-bond donors (Lipinski definition) is 9. The lowest BCUT2D eigenvalue weighted by Crippen LogP contribution is -2.53. The number of carbonyl (C=O) groups excluding carboxylic acids is 3. The van der Waals surface area contributed by atoms with E-state index in [1.54, 1.807) is 0 Å². The van der Waals surface area contributed by atoms with Crippen LogP contribution in [0.5, 0.6) is 0 Å². The van der Waals surface area contributed by atoms with Crippen LogP contribution in [0.2, 0.25) is 0 Å². The van der Waals surface area contributed by atoms with Crippen LogP contribution in [0.15, 0.2) is 15.0 Å². The smallest absolute Gasteiger partial charge is 0.243 e. The van der Waals surface area contributed by atoms with Gasteiger partial charge in [0.25, 0.3) is 0 Å². The molecule has 0 spiro atoms. The third-order valence-corrected chi connectivity index (χ3v) is 4.34. The molecule has 0 aromatic rings. The molecule has 0 aromatic carbocycles. The van der Waals surface area contributed by atoms with Gasteiger partial charge in [-0.3, -0.25) is 24.6 Å². The molecule has 15 nitrogen and oxygen atoms in total. The Balaban J connectivity index is 4.96. The first-order valence-electron chi connectivity index (χ1n) is 10.5. The first-order chi connectivity index (χ1) is 15.6. The highest BCUT2D eigenvalue weighted by Gasteiger charge is 2.25. The van der Waals surface area contributed by atoms with Crippen LogP contribution in [-0.4, -0.2) is 73.7 Å². The fraction of sp³-hybridized carbons (Fsp3) is 0.667. The molecule has 0 radical (unpaired) electrons. The minimum atomic E-state index is -0.935. The predicted octanol–water partition coefficient (Wildman–Crippen LogP) is -4.36. The second-order valence-corrected chi connectivity index (χ2v) is 7.27. The average Bonchev–Trinajstić information content (AvgIpc) is 2.74. The summed E-state index contributed by atoms with van der Waals surface area (Å²) in [5, 5.41) is 5.23. The maximum absolute atomic E-state index is 12.8. The van der Waals surface area contributed by atoms with Crippen molar-refractivity contribution in [2.75, 3.05) is 19.6 Å². The second-order valence-electron chi connectivity index (χ2n) is 7.27. The number of carbonyl (C=O) groups is 3. The normalized spacial score (nSPS) is 13.0. The van der Waals surface area contributed by atoms with Gasteiger partial charge in [-0.05, 0) is 38.5 Å². The molecule has 2 amide bonds. The zero-order valence-corrected chi connectivity index (χ0v) is 18.8. The van der Waals surface area contributed by atoms with Crippen LogP contribution >= 0.6 is 0 Å². The number of guanidine groups is 3. The van der Waals surface area contributed by atoms with Crippen LogP contribution < -0.4 is 50.8 Å². The summed E-state index contributed by atoms with van der Waals surface area (Å²) in [6.07, 6.45) is 2.85. The van der Waals surface area contributed by atoms with Crippen LogP contribution in [0.25, 0.3) is 0 Å². The van der Waals surface area contributed by atoms with Gasteiger partial charge in [-0.15, -0.1) is 0 Å². The number of hydrogen-bond acceptors (Lipinski definition) is 7. The number of nitrogens with zero attached hydrogens (tertiary/aromatic N) is 3. The van der Waals surface area contributed by atoms with Gasteiger partial charge in [0.1, 0.15) is 12.3 Å². The van der Waals surface area contributed by atoms with Crippen molar-refractivity contribution in [1.29, 1.82) is 0 Å². The maximum Gasteiger partial charge on any atom is 0.243 e. The van der Waals surface area contributed by atoms with E-state index in [-0.39, 0.29) is 30.8 Å². The second kappa shape index (κ2) is 17.0. The van der Waals surface area contributed by atoms with Crippen molar-refractivity contribution in [2.45, 2.75) is 56.7 Å². The first-order valence-corrected chi connectivity index (χ1v) is 10.5. The zero-order chi connectivity index (χ0) is 25.2. The van der Waals surface area contributed by atoms with E-state index in [1.165, 1.54) is 0 Å². The molecule has 0 saturated heterocycles. The molecule has 0 bridgehead atoms. The van der Waals surface area contributed by atoms with Crippen molar-refractivity contribution < 1.29 is 14.4 Å². The Hall–Kier alpha value is -3.62. The Morgan fingerprint density at radius 1 is 0.697 bits per heavy atom. The lowest BCUT2D eigenvalue weighted by molar-refractivity contribution is -0.130. The van der Waals surface area contributed by atoms with Gasteiger partial charge in [-0.1, -0.05) is 0 Å². The molecule has 0 aliphatic heterocycles. The summed E-state index contributed by atoms with van der Waals surface area (Å²) in [5.74, 6) is -1.23. The summed E-state index contributed by atoms with van der Waals surface area (Å²) in [5.41, 5.74) is 37.5. The molecule has 0 fully saturated rings. The van der Waals surface area contributed by atoms with Gasteiger partial charge < -0.3 is 55.6 Å². The summed E-state index contributed by atoms with van der Waals surface area (Å²) in [4.78, 5) is 48.1. The number of rotatable bonds is 17. The molecule has 0 aliphatic carbocycles. The standard InChI is InChI=1S/C18H38N12O3/c19-12(5-2-8-27-17(22)23)14(32)30-13(6-3-9-28-18(24)25)15(33)29-11(10-31)4-1-7-26-16(20)21/h10-13H,1-9,19H2,(H,29,33)(H,30,32)(H4,20,21,26)(H4,22,23,27)(H4,24,25,28). The van der Waals surface area contributed by atoms with Crippen molar-refractivity contribution in [2.24, 2.45) is 55.1 Å². The van der Waals surface area contributed by atoms with Crippen LogP contribution in [0.3, 0.4) is 0 Å². The maximum atomic E-state index is 12.8. The fourth-order valence-corrected chi connectivity index (χ4v) is 2.68. The summed E-state index contributed by atoms with van der Waals surface area (Å²) < 4.78 is 0. The molecule has 3 atom stereocenters. The van der Waals surface area contributed by atoms with E-state index in [0.717, 1.165) is 0 Å². The van der Waals surface area contributed by atoms with Gasteiger partial charge in [-0.25, -0.2) is 0 Å². The van der Waals surface area contributed by atoms with Gasteiger partial charge in [0.2, 0.25) is 11.8 Å². The largest absolute Gasteiger partial charge is 0.370 e. The lowest BCUT2D eigenvalue weighted by Gasteiger charge is -2.22. The Kier molecular flexibility index (Phi) is 15.1. The van der Waals surface area contributed by atoms with Crippen LogP contribution in [0.4, 0.5) is 0 Å². The highest BCUT2D eigenvalue weighted by Crippen LogP contribution is 2.04. The van der Waals surface area contributed by atoms with Crippen molar-refractivity contribution in [1.82, 2.24) is 10.6 Å². The molecule has 33 heavy (non-hydrogen) atoms. The SMILES string of the molecule is NC(N)=NCCCC(C=O)NC(=O)C(CCCN=C(N)N)NC(=O)C(N)CCCN=C(N)N. The minimum Gasteiger partial charge on any atom is -0.370 e. The first kappa shape index (κ1) is 29.4. The summed E-state index contributed by atoms with van der Waals surface area (Å²) >= 11 is 0. The Bertz CT molecular complexity index is 698. The van der Waals surface area contributed by atoms with Crippen LogP contribution in [0.1, 0.15) is 38.5 Å². The number of nitrogens with one attached hydrogen (secondary N) is 2. The van der Waals surface area contributed by atoms with Crippen molar-refractivity contribution in [3.05, 3.63) is 0 Å². The molecular formula is C18H38N12O3. The minimum absolute atomic E-state index is 0.0476. The monoisotopic (exact) mass is 470 g/mol. The van der Waals surface area contributed by atoms with Crippen LogP contribution in [-0.2, 0) is 14.4 Å². The summed E-state index contributed by atoms with van der Waals surface area (Å²) in [7, 11) is 0. The Morgan fingerprint density at radius 2 is 1.15 bits per heavy atom. The molecule has 0 heterocycles. The summed E-state index contributed by atoms with van der Waals surface area (Å²) in [6.45, 7) is 0.907. The lowest BCUT2D eigenvalue weighted by atomic mass is 10.1. The molecule has 0 saturated carbocycles. The Morgan fingerprint density at radius 3 is 1.61 bits per heavy atom. The van der Waals surface area contributed by atoms with E-state index in [4.69, 9.17) is 40.1 Å². The quantitative estimate of drug-likeness (QED) is 0.0425. The van der Waals surface area contributed by atoms with Crippen molar-refractivity contribution in [3.63, 3.8) is 0 Å². The van der Waals surface area contributed by atoms with Crippen LogP contribution in [0, 0.1) is 0 Å². The molecule has 16 N–H and O–H groups in total. The molecule has 3 unspecified atom stereocenters. The highest BCUT2D eigenvalue weighted by atomic mass is 16.2. The van der Waals surface area contributed by atoms with Gasteiger partial charge in [0.15, 0.2) is 17.9 Å². The predicted molar refractivity (Wildman–Crippen MR) is 128 cm³/mol. The number of nitrogens with two attached hydrogens (primary N) is 7. The average molecular weight is 471 g/mol. The molecule has 15 heteroatoms. The molecule has 0 aliphatic rings. The molecule has 188 valence electrons. The van der Waals surface area contributed by atoms with Gasteiger partial charge in [0.05, 0.1) is 12.1 Å².